The molecule has 1 aromatic carbocycles. The third-order valence-electron chi connectivity index (χ3n) is 5.03. The number of aliphatic hydroxyl groups is 1. The van der Waals surface area contributed by atoms with Gasteiger partial charge >= 0.3 is 0 Å². The zero-order valence-electron chi connectivity index (χ0n) is 15.8. The van der Waals surface area contributed by atoms with Gasteiger partial charge in [-0.15, -0.1) is 0 Å². The van der Waals surface area contributed by atoms with E-state index in [9.17, 15) is 4.79 Å². The Balaban J connectivity index is 1.63. The van der Waals surface area contributed by atoms with Crippen molar-refractivity contribution >= 4 is 11.7 Å². The molecule has 2 heterocycles. The molecule has 3 rings (SSSR count). The summed E-state index contributed by atoms with van der Waals surface area (Å²) in [4.78, 5) is 15.1. The molecule has 1 amide bonds. The van der Waals surface area contributed by atoms with Gasteiger partial charge < -0.3 is 20.1 Å². The van der Waals surface area contributed by atoms with Crippen molar-refractivity contribution in [3.8, 4) is 0 Å². The molecule has 1 aliphatic rings. The van der Waals surface area contributed by atoms with Crippen LogP contribution in [0, 0.1) is 0 Å². The number of hydrogen-bond donors (Lipinski definition) is 2. The molecule has 0 saturated carbocycles. The minimum Gasteiger partial charge on any atom is -0.396 e. The van der Waals surface area contributed by atoms with E-state index in [0.717, 1.165) is 44.5 Å². The highest BCUT2D eigenvalue weighted by atomic mass is 16.5. The number of aromatic nitrogens is 2. The van der Waals surface area contributed by atoms with Crippen LogP contribution in [0.3, 0.4) is 0 Å². The Hall–Kier alpha value is -2.22. The number of hydrogen-bond acceptors (Lipinski definition) is 5. The van der Waals surface area contributed by atoms with Crippen molar-refractivity contribution in [2.24, 2.45) is 0 Å². The van der Waals surface area contributed by atoms with Crippen molar-refractivity contribution in [2.45, 2.75) is 31.4 Å². The first-order chi connectivity index (χ1) is 13.2. The Labute approximate surface area is 159 Å². The zero-order chi connectivity index (χ0) is 19.1. The van der Waals surface area contributed by atoms with Crippen LogP contribution < -0.4 is 5.32 Å². The standard InChI is InChI=1S/C20H28N4O3/c1-27-19(16-6-3-2-4-7-16)20(26)22-18-8-11-21-24(18)17-9-13-23(14-10-17)12-5-15-25/h2-4,6-8,11,17,19,25H,5,9-10,12-15H2,1H3,(H,22,26). The maximum atomic E-state index is 12.7. The number of carbonyl (C=O) groups excluding carboxylic acids is 1. The van der Waals surface area contributed by atoms with Crippen LogP contribution in [0.5, 0.6) is 0 Å². The van der Waals surface area contributed by atoms with Crippen LogP contribution in [0.1, 0.15) is 37.0 Å². The van der Waals surface area contributed by atoms with Crippen molar-refractivity contribution in [1.82, 2.24) is 14.7 Å². The fourth-order valence-electron chi connectivity index (χ4n) is 3.60. The number of nitrogens with one attached hydrogen (secondary N) is 1. The SMILES string of the molecule is COC(C(=O)Nc1ccnn1C1CCN(CCCO)CC1)c1ccccc1. The molecule has 0 spiro atoms. The second kappa shape index (κ2) is 9.64. The molecule has 146 valence electrons. The number of piperidine rings is 1. The number of aliphatic hydroxyl groups excluding tert-OH is 1. The van der Waals surface area contributed by atoms with Gasteiger partial charge in [-0.2, -0.15) is 5.10 Å². The maximum Gasteiger partial charge on any atom is 0.259 e. The Morgan fingerprint density at radius 3 is 2.70 bits per heavy atom. The highest BCUT2D eigenvalue weighted by Gasteiger charge is 2.25. The summed E-state index contributed by atoms with van der Waals surface area (Å²) in [6.45, 7) is 3.11. The lowest BCUT2D eigenvalue weighted by Gasteiger charge is -2.32. The monoisotopic (exact) mass is 372 g/mol. The lowest BCUT2D eigenvalue weighted by atomic mass is 10.0. The number of carbonyl (C=O) groups is 1. The Morgan fingerprint density at radius 1 is 1.30 bits per heavy atom. The average molecular weight is 372 g/mol. The second-order valence-corrected chi connectivity index (χ2v) is 6.83. The van der Waals surface area contributed by atoms with E-state index in [2.05, 4.69) is 15.3 Å². The summed E-state index contributed by atoms with van der Waals surface area (Å²) in [6.07, 6.45) is 3.82. The van der Waals surface area contributed by atoms with Crippen LogP contribution >= 0.6 is 0 Å². The highest BCUT2D eigenvalue weighted by Crippen LogP contribution is 2.26. The summed E-state index contributed by atoms with van der Waals surface area (Å²) in [7, 11) is 1.54. The molecular weight excluding hydrogens is 344 g/mol. The van der Waals surface area contributed by atoms with Gasteiger partial charge in [0, 0.05) is 39.4 Å². The van der Waals surface area contributed by atoms with Gasteiger partial charge in [0.05, 0.1) is 12.2 Å². The van der Waals surface area contributed by atoms with Crippen LogP contribution in [-0.4, -0.2) is 59.0 Å². The van der Waals surface area contributed by atoms with E-state index in [4.69, 9.17) is 9.84 Å². The van der Waals surface area contributed by atoms with Crippen molar-refractivity contribution < 1.29 is 14.6 Å². The number of nitrogens with zero attached hydrogens (tertiary/aromatic N) is 3. The quantitative estimate of drug-likeness (QED) is 0.743. The van der Waals surface area contributed by atoms with Gasteiger partial charge in [-0.3, -0.25) is 4.79 Å². The van der Waals surface area contributed by atoms with Crippen LogP contribution in [0.15, 0.2) is 42.6 Å². The van der Waals surface area contributed by atoms with Gasteiger partial charge in [0.15, 0.2) is 6.10 Å². The molecule has 0 radical (unpaired) electrons. The normalized spacial score (nSPS) is 17.0. The molecule has 0 bridgehead atoms. The predicted molar refractivity (Wildman–Crippen MR) is 103 cm³/mol. The lowest BCUT2D eigenvalue weighted by Crippen LogP contribution is -2.36. The van der Waals surface area contributed by atoms with E-state index in [1.54, 1.807) is 6.20 Å². The molecule has 27 heavy (non-hydrogen) atoms. The number of benzene rings is 1. The summed E-state index contributed by atoms with van der Waals surface area (Å²) >= 11 is 0. The summed E-state index contributed by atoms with van der Waals surface area (Å²) in [5, 5.41) is 16.4. The number of likely N-dealkylation sites (tertiary alicyclic amines) is 1. The molecular formula is C20H28N4O3. The van der Waals surface area contributed by atoms with Crippen molar-refractivity contribution in [3.63, 3.8) is 0 Å². The maximum absolute atomic E-state index is 12.7. The average Bonchev–Trinajstić information content (AvgIpc) is 3.16. The molecule has 1 aromatic heterocycles. The third kappa shape index (κ3) is 4.94. The van der Waals surface area contributed by atoms with E-state index < -0.39 is 6.10 Å². The van der Waals surface area contributed by atoms with E-state index in [0.29, 0.717) is 5.82 Å². The van der Waals surface area contributed by atoms with Crippen LogP contribution in [0.2, 0.25) is 0 Å². The number of ether oxygens (including phenoxy) is 1. The van der Waals surface area contributed by atoms with Crippen molar-refractivity contribution in [1.29, 1.82) is 0 Å². The van der Waals surface area contributed by atoms with Gasteiger partial charge in [-0.1, -0.05) is 30.3 Å². The Kier molecular flexibility index (Phi) is 6.98. The molecule has 1 atom stereocenters. The highest BCUT2D eigenvalue weighted by molar-refractivity contribution is 5.94. The van der Waals surface area contributed by atoms with E-state index in [1.807, 2.05) is 41.1 Å². The first-order valence-electron chi connectivity index (χ1n) is 9.48. The van der Waals surface area contributed by atoms with Gasteiger partial charge in [-0.25, -0.2) is 4.68 Å². The first-order valence-corrected chi connectivity index (χ1v) is 9.48. The molecule has 2 N–H and O–H groups in total. The smallest absolute Gasteiger partial charge is 0.259 e. The molecule has 1 fully saturated rings. The van der Waals surface area contributed by atoms with E-state index >= 15 is 0 Å². The molecule has 2 aromatic rings. The lowest BCUT2D eigenvalue weighted by molar-refractivity contribution is -0.126. The number of amides is 1. The molecule has 7 nitrogen and oxygen atoms in total. The third-order valence-corrected chi connectivity index (χ3v) is 5.03. The number of anilines is 1. The van der Waals surface area contributed by atoms with E-state index in [1.165, 1.54) is 7.11 Å². The zero-order valence-corrected chi connectivity index (χ0v) is 15.8. The number of rotatable bonds is 8. The summed E-state index contributed by atoms with van der Waals surface area (Å²) in [5.41, 5.74) is 0.820. The van der Waals surface area contributed by atoms with Crippen molar-refractivity contribution in [2.75, 3.05) is 38.7 Å². The van der Waals surface area contributed by atoms with E-state index in [-0.39, 0.29) is 18.6 Å². The molecule has 0 aliphatic carbocycles. The predicted octanol–water partition coefficient (Wildman–Crippen LogP) is 2.23. The second-order valence-electron chi connectivity index (χ2n) is 6.83. The fraction of sp³-hybridized carbons (Fsp3) is 0.500. The molecule has 1 aliphatic heterocycles. The number of methoxy groups -OCH3 is 1. The Morgan fingerprint density at radius 2 is 2.04 bits per heavy atom. The Bertz CT molecular complexity index is 711. The largest absolute Gasteiger partial charge is 0.396 e. The summed E-state index contributed by atoms with van der Waals surface area (Å²) in [6, 6.07) is 11.6. The van der Waals surface area contributed by atoms with Crippen LogP contribution in [0.4, 0.5) is 5.82 Å². The van der Waals surface area contributed by atoms with Crippen LogP contribution in [0.25, 0.3) is 0 Å². The van der Waals surface area contributed by atoms with Gasteiger partial charge in [0.2, 0.25) is 0 Å². The summed E-state index contributed by atoms with van der Waals surface area (Å²) in [5.74, 6) is 0.498. The molecule has 7 heteroatoms. The molecule has 1 unspecified atom stereocenters. The topological polar surface area (TPSA) is 79.6 Å². The van der Waals surface area contributed by atoms with Gasteiger partial charge in [0.25, 0.3) is 5.91 Å². The summed E-state index contributed by atoms with van der Waals surface area (Å²) < 4.78 is 7.33. The van der Waals surface area contributed by atoms with Gasteiger partial charge in [-0.05, 0) is 24.8 Å². The van der Waals surface area contributed by atoms with Crippen LogP contribution in [-0.2, 0) is 9.53 Å². The first kappa shape index (κ1) is 19.5. The minimum absolute atomic E-state index is 0.203. The van der Waals surface area contributed by atoms with Crippen molar-refractivity contribution in [3.05, 3.63) is 48.2 Å². The fourth-order valence-corrected chi connectivity index (χ4v) is 3.60. The molecule has 1 saturated heterocycles. The minimum atomic E-state index is -0.658. The van der Waals surface area contributed by atoms with Gasteiger partial charge in [0.1, 0.15) is 5.82 Å².